The second-order valence-corrected chi connectivity index (χ2v) is 6.57. The molecule has 6 nitrogen and oxygen atoms in total. The van der Waals surface area contributed by atoms with Gasteiger partial charge in [-0.05, 0) is 17.5 Å². The molecule has 118 valence electrons. The smallest absolute Gasteiger partial charge is 0.409 e. The predicted octanol–water partition coefficient (Wildman–Crippen LogP) is 2.94. The minimum absolute atomic E-state index is 0.0262. The van der Waals surface area contributed by atoms with E-state index in [0.29, 0.717) is 38.5 Å². The van der Waals surface area contributed by atoms with Crippen molar-refractivity contribution < 1.29 is 9.53 Å². The normalized spacial score (nSPS) is 15.4. The molecule has 1 amide bonds. The van der Waals surface area contributed by atoms with Crippen LogP contribution in [0.15, 0.2) is 18.3 Å². The molecule has 1 fully saturated rings. The summed E-state index contributed by atoms with van der Waals surface area (Å²) in [6.07, 6.45) is 1.39. The van der Waals surface area contributed by atoms with Gasteiger partial charge >= 0.3 is 6.09 Å². The van der Waals surface area contributed by atoms with Crippen molar-refractivity contribution in [2.24, 2.45) is 5.41 Å². The summed E-state index contributed by atoms with van der Waals surface area (Å²) in [5.41, 5.74) is 0.554. The molecule has 0 unspecified atom stereocenters. The average Bonchev–Trinajstić information content (AvgIpc) is 2.52. The molecule has 0 aliphatic carbocycles. The topological polar surface area (TPSA) is 50.0 Å². The number of carbonyl (C=O) groups excluding carboxylic acids is 1. The molecule has 0 atom stereocenters. The van der Waals surface area contributed by atoms with Crippen molar-refractivity contribution in [1.29, 1.82) is 0 Å². The van der Waals surface area contributed by atoms with Gasteiger partial charge in [0.2, 0.25) is 0 Å². The third-order valence-electron chi connectivity index (χ3n) is 3.35. The largest absolute Gasteiger partial charge is 0.449 e. The highest BCUT2D eigenvalue weighted by Gasteiger charge is 2.24. The molecule has 2 rings (SSSR count). The Morgan fingerprint density at radius 1 is 1.36 bits per heavy atom. The third-order valence-corrected chi connectivity index (χ3v) is 3.35. The molecule has 0 N–H and O–H groups in total. The van der Waals surface area contributed by atoms with Crippen molar-refractivity contribution in [2.45, 2.75) is 20.8 Å². The van der Waals surface area contributed by atoms with Gasteiger partial charge in [-0.3, -0.25) is 0 Å². The maximum absolute atomic E-state index is 12.0. The molecule has 1 aromatic rings. The molecule has 0 radical (unpaired) electrons. The molecule has 0 saturated carbocycles. The molecule has 0 aromatic carbocycles. The summed E-state index contributed by atoms with van der Waals surface area (Å²) in [7, 11) is 0. The van der Waals surface area contributed by atoms with Crippen molar-refractivity contribution >= 4 is 17.6 Å². The Morgan fingerprint density at radius 3 is 2.64 bits per heavy atom. The Bertz CT molecular complexity index is 566. The van der Waals surface area contributed by atoms with Gasteiger partial charge in [0.05, 0.1) is 13.2 Å². The molecule has 22 heavy (non-hydrogen) atoms. The lowest BCUT2D eigenvalue weighted by Crippen LogP contribution is -2.49. The van der Waals surface area contributed by atoms with E-state index in [2.05, 4.69) is 14.7 Å². The van der Waals surface area contributed by atoms with Crippen molar-refractivity contribution in [3.63, 3.8) is 0 Å². The van der Waals surface area contributed by atoms with Gasteiger partial charge in [-0.15, -0.1) is 0 Å². The molecule has 0 spiro atoms. The third kappa shape index (κ3) is 4.35. The first-order chi connectivity index (χ1) is 10.4. The van der Waals surface area contributed by atoms with Crippen LogP contribution in [0.2, 0.25) is 0 Å². The van der Waals surface area contributed by atoms with Gasteiger partial charge in [0.25, 0.3) is 0 Å². The standard InChI is InChI=1S/C16H22N4O2/c1-16(2,3)12-22-15(21)20-9-7-19(8-10-20)14-11-13(17-4)5-6-18-14/h5-6,11H,7-10,12H2,1-3H3. The van der Waals surface area contributed by atoms with Crippen molar-refractivity contribution in [2.75, 3.05) is 37.7 Å². The monoisotopic (exact) mass is 302 g/mol. The molecule has 1 aromatic heterocycles. The zero-order chi connectivity index (χ0) is 16.2. The quantitative estimate of drug-likeness (QED) is 0.788. The number of hydrogen-bond donors (Lipinski definition) is 0. The fourth-order valence-corrected chi connectivity index (χ4v) is 2.14. The number of amides is 1. The van der Waals surface area contributed by atoms with Crippen LogP contribution < -0.4 is 4.90 Å². The first-order valence-corrected chi connectivity index (χ1v) is 7.39. The number of piperazine rings is 1. The number of anilines is 1. The molecular weight excluding hydrogens is 280 g/mol. The average molecular weight is 302 g/mol. The lowest BCUT2D eigenvalue weighted by atomic mass is 9.99. The maximum atomic E-state index is 12.0. The molecule has 1 saturated heterocycles. The van der Waals surface area contributed by atoms with Crippen LogP contribution >= 0.6 is 0 Å². The van der Waals surface area contributed by atoms with Crippen LogP contribution in [0.3, 0.4) is 0 Å². The van der Waals surface area contributed by atoms with Crippen molar-refractivity contribution in [3.8, 4) is 0 Å². The SMILES string of the molecule is [C-]#[N+]c1ccnc(N2CCN(C(=O)OCC(C)(C)C)CC2)c1. The number of nitrogens with zero attached hydrogens (tertiary/aromatic N) is 4. The fraction of sp³-hybridized carbons (Fsp3) is 0.562. The van der Waals surface area contributed by atoms with E-state index >= 15 is 0 Å². The number of pyridine rings is 1. The second-order valence-electron chi connectivity index (χ2n) is 6.57. The zero-order valence-corrected chi connectivity index (χ0v) is 13.4. The molecular formula is C16H22N4O2. The van der Waals surface area contributed by atoms with Crippen molar-refractivity contribution in [1.82, 2.24) is 9.88 Å². The molecule has 0 bridgehead atoms. The van der Waals surface area contributed by atoms with E-state index in [1.165, 1.54) is 0 Å². The number of hydrogen-bond acceptors (Lipinski definition) is 4. The van der Waals surface area contributed by atoms with Crippen LogP contribution in [0.25, 0.3) is 4.85 Å². The van der Waals surface area contributed by atoms with Gasteiger partial charge in [0.1, 0.15) is 5.82 Å². The van der Waals surface area contributed by atoms with Crippen LogP contribution in [0, 0.1) is 12.0 Å². The number of rotatable bonds is 2. The van der Waals surface area contributed by atoms with Gasteiger partial charge in [-0.1, -0.05) is 20.8 Å². The Labute approximate surface area is 131 Å². The van der Waals surface area contributed by atoms with Gasteiger partial charge in [0.15, 0.2) is 5.69 Å². The van der Waals surface area contributed by atoms with Gasteiger partial charge in [0, 0.05) is 32.4 Å². The molecule has 1 aliphatic heterocycles. The summed E-state index contributed by atoms with van der Waals surface area (Å²) in [6.45, 7) is 16.2. The first-order valence-electron chi connectivity index (χ1n) is 7.39. The molecule has 1 aliphatic rings. The van der Waals surface area contributed by atoms with Crippen LogP contribution in [0.1, 0.15) is 20.8 Å². The van der Waals surface area contributed by atoms with Crippen LogP contribution in [0.5, 0.6) is 0 Å². The maximum Gasteiger partial charge on any atom is 0.409 e. The summed E-state index contributed by atoms with van der Waals surface area (Å²) in [4.78, 5) is 23.5. The van der Waals surface area contributed by atoms with E-state index < -0.39 is 0 Å². The minimum atomic E-state index is -0.252. The van der Waals surface area contributed by atoms with E-state index in [9.17, 15) is 4.79 Å². The zero-order valence-electron chi connectivity index (χ0n) is 13.4. The lowest BCUT2D eigenvalue weighted by molar-refractivity contribution is 0.0707. The Hall–Kier alpha value is -2.29. The van der Waals surface area contributed by atoms with E-state index in [1.807, 2.05) is 20.8 Å². The Balaban J connectivity index is 1.87. The summed E-state index contributed by atoms with van der Waals surface area (Å²) < 4.78 is 5.34. The van der Waals surface area contributed by atoms with E-state index in [4.69, 9.17) is 11.3 Å². The minimum Gasteiger partial charge on any atom is -0.449 e. The number of carbonyl (C=O) groups is 1. The van der Waals surface area contributed by atoms with E-state index in [-0.39, 0.29) is 11.5 Å². The van der Waals surface area contributed by atoms with Crippen molar-refractivity contribution in [3.05, 3.63) is 29.7 Å². The van der Waals surface area contributed by atoms with Gasteiger partial charge in [-0.25, -0.2) is 14.6 Å². The van der Waals surface area contributed by atoms with Gasteiger partial charge < -0.3 is 14.5 Å². The highest BCUT2D eigenvalue weighted by Crippen LogP contribution is 2.20. The Kier molecular flexibility index (Phi) is 4.86. The molecule has 6 heteroatoms. The predicted molar refractivity (Wildman–Crippen MR) is 85.1 cm³/mol. The lowest BCUT2D eigenvalue weighted by Gasteiger charge is -2.35. The van der Waals surface area contributed by atoms with E-state index in [0.717, 1.165) is 5.82 Å². The fourth-order valence-electron chi connectivity index (χ4n) is 2.14. The summed E-state index contributed by atoms with van der Waals surface area (Å²) in [5, 5.41) is 0. The molecule has 2 heterocycles. The highest BCUT2D eigenvalue weighted by atomic mass is 16.6. The van der Waals surface area contributed by atoms with Crippen LogP contribution in [-0.2, 0) is 4.74 Å². The second kappa shape index (κ2) is 6.65. The number of ether oxygens (including phenoxy) is 1. The van der Waals surface area contributed by atoms with E-state index in [1.54, 1.807) is 23.2 Å². The highest BCUT2D eigenvalue weighted by molar-refractivity contribution is 5.68. The van der Waals surface area contributed by atoms with Crippen LogP contribution in [0.4, 0.5) is 16.3 Å². The summed E-state index contributed by atoms with van der Waals surface area (Å²) in [6, 6.07) is 3.47. The van der Waals surface area contributed by atoms with Gasteiger partial charge in [-0.2, -0.15) is 0 Å². The summed E-state index contributed by atoms with van der Waals surface area (Å²) in [5.74, 6) is 0.788. The first kappa shape index (κ1) is 16.1. The Morgan fingerprint density at radius 2 is 2.05 bits per heavy atom. The number of aromatic nitrogens is 1. The van der Waals surface area contributed by atoms with Crippen LogP contribution in [-0.4, -0.2) is 48.8 Å². The summed E-state index contributed by atoms with van der Waals surface area (Å²) >= 11 is 0.